The topological polar surface area (TPSA) is 78.5 Å². The molecule has 18 heavy (non-hydrogen) atoms. The lowest BCUT2D eigenvalue weighted by molar-refractivity contribution is -0.255. The predicted molar refractivity (Wildman–Crippen MR) is 65.5 cm³/mol. The van der Waals surface area contributed by atoms with E-state index in [2.05, 4.69) is 5.32 Å². The van der Waals surface area contributed by atoms with Crippen LogP contribution < -0.4 is 10.4 Å². The van der Waals surface area contributed by atoms with Gasteiger partial charge in [-0.1, -0.05) is 0 Å². The molecule has 0 spiro atoms. The van der Waals surface area contributed by atoms with E-state index in [1.54, 1.807) is 0 Å². The van der Waals surface area contributed by atoms with Crippen molar-refractivity contribution in [2.75, 3.05) is 5.32 Å². The standard InChI is InChI=1S/C12H15NO4S/c1-6(14)13-10-9(11(15)16)7-4-12(2,3)17-5-8(7)18-10/h4-5H2,1-3H3,(H,13,14)(H,15,16)/p-1. The third kappa shape index (κ3) is 2.39. The highest BCUT2D eigenvalue weighted by molar-refractivity contribution is 7.16. The lowest BCUT2D eigenvalue weighted by Gasteiger charge is -2.30. The number of hydrogen-bond acceptors (Lipinski definition) is 5. The van der Waals surface area contributed by atoms with Gasteiger partial charge in [0.2, 0.25) is 5.91 Å². The number of ether oxygens (including phenoxy) is 1. The van der Waals surface area contributed by atoms with E-state index in [9.17, 15) is 14.7 Å². The number of carbonyl (C=O) groups excluding carboxylic acids is 2. The predicted octanol–water partition coefficient (Wildman–Crippen LogP) is 0.921. The van der Waals surface area contributed by atoms with Crippen LogP contribution >= 0.6 is 11.3 Å². The maximum Gasteiger partial charge on any atom is 0.221 e. The first-order valence-electron chi connectivity index (χ1n) is 5.57. The summed E-state index contributed by atoms with van der Waals surface area (Å²) in [5.41, 5.74) is 0.424. The summed E-state index contributed by atoms with van der Waals surface area (Å²) >= 11 is 1.24. The van der Waals surface area contributed by atoms with Crippen LogP contribution in [0.25, 0.3) is 0 Å². The Balaban J connectivity index is 2.49. The average Bonchev–Trinajstić information content (AvgIpc) is 2.52. The summed E-state index contributed by atoms with van der Waals surface area (Å²) in [6, 6.07) is 0. The Bertz CT molecular complexity index is 518. The molecule has 0 unspecified atom stereocenters. The molecular formula is C12H14NO4S-. The molecule has 98 valence electrons. The zero-order valence-corrected chi connectivity index (χ0v) is 11.3. The third-order valence-corrected chi connectivity index (χ3v) is 3.90. The van der Waals surface area contributed by atoms with Crippen LogP contribution in [0.2, 0.25) is 0 Å². The molecule has 1 aliphatic heterocycles. The van der Waals surface area contributed by atoms with Gasteiger partial charge in [0.1, 0.15) is 5.00 Å². The van der Waals surface area contributed by atoms with Crippen LogP contribution in [0.4, 0.5) is 5.00 Å². The van der Waals surface area contributed by atoms with E-state index in [1.807, 2.05) is 13.8 Å². The van der Waals surface area contributed by atoms with Crippen LogP contribution in [0.5, 0.6) is 0 Å². The normalized spacial score (nSPS) is 17.1. The van der Waals surface area contributed by atoms with Crippen LogP contribution in [0.15, 0.2) is 0 Å². The molecule has 1 aliphatic rings. The van der Waals surface area contributed by atoms with Gasteiger partial charge in [-0.3, -0.25) is 4.79 Å². The van der Waals surface area contributed by atoms with Crippen molar-refractivity contribution < 1.29 is 19.4 Å². The quantitative estimate of drug-likeness (QED) is 0.865. The van der Waals surface area contributed by atoms with Crippen molar-refractivity contribution in [2.45, 2.75) is 39.4 Å². The Morgan fingerprint density at radius 2 is 2.11 bits per heavy atom. The molecule has 0 saturated carbocycles. The summed E-state index contributed by atoms with van der Waals surface area (Å²) in [4.78, 5) is 23.2. The molecule has 0 atom stereocenters. The van der Waals surface area contributed by atoms with E-state index in [4.69, 9.17) is 4.74 Å². The van der Waals surface area contributed by atoms with Gasteiger partial charge in [0.15, 0.2) is 0 Å². The lowest BCUT2D eigenvalue weighted by atomic mass is 9.93. The number of anilines is 1. The van der Waals surface area contributed by atoms with Gasteiger partial charge in [-0.15, -0.1) is 11.3 Å². The highest BCUT2D eigenvalue weighted by Gasteiger charge is 2.31. The van der Waals surface area contributed by atoms with E-state index in [-0.39, 0.29) is 11.5 Å². The van der Waals surface area contributed by atoms with Crippen LogP contribution in [-0.2, 0) is 22.6 Å². The van der Waals surface area contributed by atoms with Gasteiger partial charge in [-0.25, -0.2) is 0 Å². The zero-order chi connectivity index (χ0) is 13.5. The number of thiophene rings is 1. The molecule has 1 aromatic heterocycles. The summed E-state index contributed by atoms with van der Waals surface area (Å²) in [6.07, 6.45) is 0.502. The fraction of sp³-hybridized carbons (Fsp3) is 0.500. The second-order valence-electron chi connectivity index (χ2n) is 4.90. The number of nitrogens with one attached hydrogen (secondary N) is 1. The first-order valence-corrected chi connectivity index (χ1v) is 6.39. The molecule has 5 nitrogen and oxygen atoms in total. The second kappa shape index (κ2) is 4.37. The minimum absolute atomic E-state index is 0.0987. The van der Waals surface area contributed by atoms with Crippen molar-refractivity contribution in [3.63, 3.8) is 0 Å². The summed E-state index contributed by atoms with van der Waals surface area (Å²) in [6.45, 7) is 5.53. The van der Waals surface area contributed by atoms with Crippen molar-refractivity contribution in [1.29, 1.82) is 0 Å². The molecule has 0 saturated heterocycles. The molecule has 6 heteroatoms. The maximum absolute atomic E-state index is 11.3. The molecule has 0 bridgehead atoms. The Hall–Kier alpha value is -1.40. The second-order valence-corrected chi connectivity index (χ2v) is 6.01. The smallest absolute Gasteiger partial charge is 0.221 e. The Labute approximate surface area is 109 Å². The van der Waals surface area contributed by atoms with Gasteiger partial charge in [0.25, 0.3) is 0 Å². The number of hydrogen-bond donors (Lipinski definition) is 1. The van der Waals surface area contributed by atoms with Gasteiger partial charge < -0.3 is 20.0 Å². The SMILES string of the molecule is CC(=O)Nc1sc2c(c1C(=O)[O-])CC(C)(C)OC2. The van der Waals surface area contributed by atoms with Gasteiger partial charge in [-0.2, -0.15) is 0 Å². The molecule has 0 aromatic carbocycles. The summed E-state index contributed by atoms with van der Waals surface area (Å²) < 4.78 is 5.63. The van der Waals surface area contributed by atoms with Crippen LogP contribution in [0.3, 0.4) is 0 Å². The molecule has 1 N–H and O–H groups in total. The number of carboxylic acid groups (broad SMARTS) is 1. The number of carbonyl (C=O) groups is 2. The average molecular weight is 268 g/mol. The van der Waals surface area contributed by atoms with Crippen molar-refractivity contribution >= 4 is 28.2 Å². The van der Waals surface area contributed by atoms with Crippen molar-refractivity contribution in [3.05, 3.63) is 16.0 Å². The first kappa shape index (κ1) is 13.0. The molecule has 0 aliphatic carbocycles. The Morgan fingerprint density at radius 3 is 2.67 bits per heavy atom. The molecule has 2 heterocycles. The van der Waals surface area contributed by atoms with E-state index >= 15 is 0 Å². The largest absolute Gasteiger partial charge is 0.545 e. The highest BCUT2D eigenvalue weighted by Crippen LogP contribution is 2.40. The minimum atomic E-state index is -1.26. The lowest BCUT2D eigenvalue weighted by Crippen LogP contribution is -2.33. The fourth-order valence-corrected chi connectivity index (χ4v) is 3.18. The highest BCUT2D eigenvalue weighted by atomic mass is 32.1. The number of fused-ring (bicyclic) bond motifs is 1. The van der Waals surface area contributed by atoms with Crippen molar-refractivity contribution in [3.8, 4) is 0 Å². The maximum atomic E-state index is 11.3. The van der Waals surface area contributed by atoms with Gasteiger partial charge in [0.05, 0.1) is 18.2 Å². The van der Waals surface area contributed by atoms with Crippen molar-refractivity contribution in [1.82, 2.24) is 0 Å². The Morgan fingerprint density at radius 1 is 1.44 bits per heavy atom. The number of amides is 1. The molecular weight excluding hydrogens is 254 g/mol. The summed E-state index contributed by atoms with van der Waals surface area (Å²) in [5.74, 6) is -1.55. The fourth-order valence-electron chi connectivity index (χ4n) is 2.02. The summed E-state index contributed by atoms with van der Waals surface area (Å²) in [7, 11) is 0. The zero-order valence-electron chi connectivity index (χ0n) is 10.5. The third-order valence-electron chi connectivity index (χ3n) is 2.78. The van der Waals surface area contributed by atoms with Crippen LogP contribution in [0.1, 0.15) is 41.6 Å². The van der Waals surface area contributed by atoms with Gasteiger partial charge in [-0.05, 0) is 19.4 Å². The monoisotopic (exact) mass is 268 g/mol. The molecule has 1 amide bonds. The summed E-state index contributed by atoms with van der Waals surface area (Å²) in [5, 5.41) is 14.1. The number of rotatable bonds is 2. The Kier molecular flexibility index (Phi) is 3.16. The van der Waals surface area contributed by atoms with Crippen LogP contribution in [-0.4, -0.2) is 17.5 Å². The van der Waals surface area contributed by atoms with E-state index in [0.29, 0.717) is 18.0 Å². The number of carboxylic acids is 1. The molecule has 1 aromatic rings. The molecule has 2 rings (SSSR count). The first-order chi connectivity index (χ1) is 8.30. The van der Waals surface area contributed by atoms with E-state index in [0.717, 1.165) is 10.4 Å². The van der Waals surface area contributed by atoms with Crippen LogP contribution in [0, 0.1) is 0 Å². The van der Waals surface area contributed by atoms with Gasteiger partial charge in [0, 0.05) is 23.8 Å². The molecule has 0 radical (unpaired) electrons. The van der Waals surface area contributed by atoms with E-state index < -0.39 is 11.6 Å². The van der Waals surface area contributed by atoms with E-state index in [1.165, 1.54) is 18.3 Å². The van der Waals surface area contributed by atoms with Crippen molar-refractivity contribution in [2.24, 2.45) is 0 Å². The minimum Gasteiger partial charge on any atom is -0.545 e. The number of aromatic carboxylic acids is 1. The van der Waals surface area contributed by atoms with Gasteiger partial charge >= 0.3 is 0 Å². The molecule has 0 fully saturated rings.